The van der Waals surface area contributed by atoms with Gasteiger partial charge in [-0.1, -0.05) is 11.6 Å². The zero-order valence-electron chi connectivity index (χ0n) is 13.7. The molecule has 1 aliphatic heterocycles. The van der Waals surface area contributed by atoms with E-state index in [2.05, 4.69) is 32.0 Å². The van der Waals surface area contributed by atoms with E-state index in [4.69, 9.17) is 0 Å². The van der Waals surface area contributed by atoms with Gasteiger partial charge in [0.1, 0.15) is 5.69 Å². The maximum atomic E-state index is 12.3. The van der Waals surface area contributed by atoms with Gasteiger partial charge in [-0.25, -0.2) is 0 Å². The summed E-state index contributed by atoms with van der Waals surface area (Å²) < 4.78 is 1.82. The highest BCUT2D eigenvalue weighted by atomic mass is 16.1. The topological polar surface area (TPSA) is 87.6 Å². The molecule has 0 bridgehead atoms. The number of nitrogens with zero attached hydrogens (tertiary/aromatic N) is 3. The summed E-state index contributed by atoms with van der Waals surface area (Å²) in [6.07, 6.45) is 3.10. The van der Waals surface area contributed by atoms with Crippen molar-refractivity contribution in [3.63, 3.8) is 0 Å². The van der Waals surface area contributed by atoms with Crippen molar-refractivity contribution in [1.82, 2.24) is 30.6 Å². The number of aromatic amines is 1. The molecule has 1 aliphatic rings. The maximum absolute atomic E-state index is 12.3. The molecule has 0 aromatic carbocycles. The van der Waals surface area contributed by atoms with Gasteiger partial charge in [0.2, 0.25) is 0 Å². The van der Waals surface area contributed by atoms with Crippen LogP contribution in [0.3, 0.4) is 0 Å². The average molecular weight is 314 g/mol. The third kappa shape index (κ3) is 3.19. The van der Waals surface area contributed by atoms with E-state index in [0.29, 0.717) is 12.2 Å². The van der Waals surface area contributed by atoms with E-state index in [0.717, 1.165) is 42.2 Å². The van der Waals surface area contributed by atoms with Gasteiger partial charge in [-0.2, -0.15) is 10.2 Å². The zero-order chi connectivity index (χ0) is 16.4. The minimum atomic E-state index is -0.137. The molecule has 0 spiro atoms. The molecule has 0 atom stereocenters. The molecule has 0 aliphatic carbocycles. The van der Waals surface area contributed by atoms with Gasteiger partial charge in [0.15, 0.2) is 0 Å². The minimum absolute atomic E-state index is 0.137. The van der Waals surface area contributed by atoms with E-state index in [-0.39, 0.29) is 5.91 Å². The fourth-order valence-electron chi connectivity index (χ4n) is 2.83. The fraction of sp³-hybridized carbons (Fsp3) is 0.438. The Hall–Kier alpha value is -2.41. The van der Waals surface area contributed by atoms with Crippen LogP contribution in [0.15, 0.2) is 17.7 Å². The molecule has 3 heterocycles. The Morgan fingerprint density at radius 1 is 1.43 bits per heavy atom. The van der Waals surface area contributed by atoms with Gasteiger partial charge in [-0.3, -0.25) is 14.6 Å². The summed E-state index contributed by atoms with van der Waals surface area (Å²) in [5, 5.41) is 17.7. The molecule has 7 nitrogen and oxygen atoms in total. The molecule has 3 N–H and O–H groups in total. The van der Waals surface area contributed by atoms with Crippen LogP contribution in [0.25, 0.3) is 11.3 Å². The van der Waals surface area contributed by atoms with Crippen LogP contribution in [0, 0.1) is 13.8 Å². The van der Waals surface area contributed by atoms with Crippen LogP contribution in [-0.4, -0.2) is 45.5 Å². The molecule has 2 aromatic heterocycles. The van der Waals surface area contributed by atoms with Crippen molar-refractivity contribution in [2.45, 2.75) is 20.3 Å². The molecule has 0 radical (unpaired) electrons. The largest absolute Gasteiger partial charge is 0.347 e. The van der Waals surface area contributed by atoms with Crippen LogP contribution in [0.2, 0.25) is 0 Å². The van der Waals surface area contributed by atoms with Crippen molar-refractivity contribution in [3.05, 3.63) is 34.8 Å². The fourth-order valence-corrected chi connectivity index (χ4v) is 2.83. The lowest BCUT2D eigenvalue weighted by atomic mass is 10.1. The quantitative estimate of drug-likeness (QED) is 0.737. The number of carbonyl (C=O) groups excluding carboxylic acids is 1. The van der Waals surface area contributed by atoms with Crippen molar-refractivity contribution < 1.29 is 4.79 Å². The highest BCUT2D eigenvalue weighted by Crippen LogP contribution is 2.25. The van der Waals surface area contributed by atoms with Crippen LogP contribution in [0.4, 0.5) is 0 Å². The second-order valence-electron chi connectivity index (χ2n) is 5.84. The number of H-pyrrole nitrogens is 1. The lowest BCUT2D eigenvalue weighted by molar-refractivity contribution is 0.0951. The monoisotopic (exact) mass is 314 g/mol. The Balaban J connectivity index is 1.71. The predicted octanol–water partition coefficient (Wildman–Crippen LogP) is 1.08. The number of rotatable bonds is 4. The van der Waals surface area contributed by atoms with Crippen LogP contribution in [-0.2, 0) is 7.05 Å². The lowest BCUT2D eigenvalue weighted by Crippen LogP contribution is -2.29. The van der Waals surface area contributed by atoms with Gasteiger partial charge in [0.05, 0.1) is 11.4 Å². The van der Waals surface area contributed by atoms with Crippen LogP contribution < -0.4 is 10.6 Å². The number of hydrogen-bond acceptors (Lipinski definition) is 4. The molecule has 7 heteroatoms. The third-order valence-electron chi connectivity index (χ3n) is 4.22. The molecule has 3 rings (SSSR count). The lowest BCUT2D eigenvalue weighted by Gasteiger charge is -2.14. The Kier molecular flexibility index (Phi) is 4.29. The summed E-state index contributed by atoms with van der Waals surface area (Å²) >= 11 is 0. The van der Waals surface area contributed by atoms with Gasteiger partial charge in [-0.15, -0.1) is 0 Å². The first-order valence-electron chi connectivity index (χ1n) is 7.79. The van der Waals surface area contributed by atoms with E-state index in [1.807, 2.05) is 25.6 Å². The zero-order valence-corrected chi connectivity index (χ0v) is 13.7. The highest BCUT2D eigenvalue weighted by molar-refractivity contribution is 5.93. The summed E-state index contributed by atoms with van der Waals surface area (Å²) in [4.78, 5) is 12.3. The second kappa shape index (κ2) is 6.37. The molecule has 2 aromatic rings. The van der Waals surface area contributed by atoms with E-state index in [9.17, 15) is 4.79 Å². The molecule has 23 heavy (non-hydrogen) atoms. The Labute approximate surface area is 135 Å². The van der Waals surface area contributed by atoms with Crippen LogP contribution >= 0.6 is 0 Å². The summed E-state index contributed by atoms with van der Waals surface area (Å²) in [6, 6.07) is 1.78. The molecule has 1 amide bonds. The number of amides is 1. The third-order valence-corrected chi connectivity index (χ3v) is 4.22. The van der Waals surface area contributed by atoms with E-state index in [1.54, 1.807) is 6.07 Å². The first-order valence-corrected chi connectivity index (χ1v) is 7.79. The summed E-state index contributed by atoms with van der Waals surface area (Å²) in [6.45, 7) is 6.36. The van der Waals surface area contributed by atoms with E-state index >= 15 is 0 Å². The highest BCUT2D eigenvalue weighted by Gasteiger charge is 2.17. The van der Waals surface area contributed by atoms with Crippen molar-refractivity contribution in [2.24, 2.45) is 7.05 Å². The number of hydrogen-bond donors (Lipinski definition) is 3. The summed E-state index contributed by atoms with van der Waals surface area (Å²) in [7, 11) is 1.90. The Bertz CT molecular complexity index is 755. The summed E-state index contributed by atoms with van der Waals surface area (Å²) in [5.74, 6) is -0.137. The van der Waals surface area contributed by atoms with Gasteiger partial charge >= 0.3 is 0 Å². The van der Waals surface area contributed by atoms with Gasteiger partial charge in [-0.05, 0) is 32.9 Å². The maximum Gasteiger partial charge on any atom is 0.269 e. The van der Waals surface area contributed by atoms with Crippen LogP contribution in [0.5, 0.6) is 0 Å². The molecule has 122 valence electrons. The van der Waals surface area contributed by atoms with Gasteiger partial charge < -0.3 is 10.6 Å². The molecule has 0 fully saturated rings. The molecule has 0 saturated heterocycles. The molecule has 0 unspecified atom stereocenters. The SMILES string of the molecule is Cc1nn(C)c(C)c1-c1cc(C(=O)NCC2=CCNCC2)[nH]n1. The first kappa shape index (κ1) is 15.5. The Morgan fingerprint density at radius 3 is 2.91 bits per heavy atom. The molecule has 0 saturated carbocycles. The van der Waals surface area contributed by atoms with E-state index in [1.165, 1.54) is 5.57 Å². The van der Waals surface area contributed by atoms with Crippen LogP contribution in [0.1, 0.15) is 28.3 Å². The second-order valence-corrected chi connectivity index (χ2v) is 5.84. The Morgan fingerprint density at radius 2 is 2.26 bits per heavy atom. The van der Waals surface area contributed by atoms with Crippen molar-refractivity contribution >= 4 is 5.91 Å². The summed E-state index contributed by atoms with van der Waals surface area (Å²) in [5.41, 5.74) is 5.39. The average Bonchev–Trinajstić information content (AvgIpc) is 3.11. The van der Waals surface area contributed by atoms with Crippen molar-refractivity contribution in [1.29, 1.82) is 0 Å². The normalized spacial score (nSPS) is 14.7. The predicted molar refractivity (Wildman–Crippen MR) is 88.2 cm³/mol. The molecular formula is C16H22N6O. The standard InChI is InChI=1S/C16H22N6O/c1-10-15(11(2)22(3)21-10)13-8-14(20-19-13)16(23)18-9-12-4-6-17-7-5-12/h4,8,17H,5-7,9H2,1-3H3,(H,18,23)(H,19,20). The number of carbonyl (C=O) groups is 1. The first-order chi connectivity index (χ1) is 11.1. The van der Waals surface area contributed by atoms with Crippen molar-refractivity contribution in [2.75, 3.05) is 19.6 Å². The van der Waals surface area contributed by atoms with Crippen molar-refractivity contribution in [3.8, 4) is 11.3 Å². The minimum Gasteiger partial charge on any atom is -0.347 e. The van der Waals surface area contributed by atoms with Gasteiger partial charge in [0.25, 0.3) is 5.91 Å². The smallest absolute Gasteiger partial charge is 0.269 e. The number of nitrogens with one attached hydrogen (secondary N) is 3. The number of aryl methyl sites for hydroxylation is 2. The van der Waals surface area contributed by atoms with E-state index < -0.39 is 0 Å². The number of aromatic nitrogens is 4. The molecular weight excluding hydrogens is 292 g/mol. The van der Waals surface area contributed by atoms with Gasteiger partial charge in [0, 0.05) is 31.4 Å².